The normalized spacial score (nSPS) is 11.9. The molecule has 4 heterocycles. The topological polar surface area (TPSA) is 38.7 Å². The van der Waals surface area contributed by atoms with E-state index >= 15 is 0 Å². The van der Waals surface area contributed by atoms with Crippen LogP contribution in [0.4, 0.5) is 0 Å². The third kappa shape index (κ3) is 4.58. The van der Waals surface area contributed by atoms with Crippen molar-refractivity contribution in [1.82, 2.24) is 15.0 Å². The molecule has 51 heavy (non-hydrogen) atoms. The van der Waals surface area contributed by atoms with E-state index in [0.29, 0.717) is 17.5 Å². The summed E-state index contributed by atoms with van der Waals surface area (Å²) < 4.78 is 7.54. The number of aromatic nitrogens is 3. The highest BCUT2D eigenvalue weighted by Gasteiger charge is 2.19. The number of hydrogen-bond acceptors (Lipinski definition) is 6. The average Bonchev–Trinajstić information content (AvgIpc) is 3.89. The second kappa shape index (κ2) is 11.4. The predicted octanol–water partition coefficient (Wildman–Crippen LogP) is 13.6. The summed E-state index contributed by atoms with van der Waals surface area (Å²) >= 11 is 5.45. The van der Waals surface area contributed by atoms with Crippen LogP contribution in [-0.4, -0.2) is 15.0 Å². The van der Waals surface area contributed by atoms with Crippen molar-refractivity contribution in [3.05, 3.63) is 152 Å². The van der Waals surface area contributed by atoms with Gasteiger partial charge in [0.1, 0.15) is 0 Å². The molecule has 0 saturated carbocycles. The lowest BCUT2D eigenvalue weighted by Crippen LogP contribution is -2.00. The Morgan fingerprint density at radius 3 is 1.43 bits per heavy atom. The van der Waals surface area contributed by atoms with Crippen LogP contribution in [0.15, 0.2) is 152 Å². The van der Waals surface area contributed by atoms with Crippen molar-refractivity contribution >= 4 is 94.5 Å². The lowest BCUT2D eigenvalue weighted by Gasteiger charge is -2.11. The van der Waals surface area contributed by atoms with Gasteiger partial charge >= 0.3 is 0 Å². The Morgan fingerprint density at radius 2 is 0.745 bits per heavy atom. The number of benzene rings is 7. The molecule has 11 rings (SSSR count). The van der Waals surface area contributed by atoms with E-state index < -0.39 is 0 Å². The first-order valence-electron chi connectivity index (χ1n) is 16.9. The molecule has 3 nitrogen and oxygen atoms in total. The van der Waals surface area contributed by atoms with Crippen molar-refractivity contribution in [3.8, 4) is 45.3 Å². The van der Waals surface area contributed by atoms with Gasteiger partial charge in [0, 0.05) is 77.2 Å². The largest absolute Gasteiger partial charge is 0.208 e. The molecule has 6 heteroatoms. The molecule has 0 aliphatic rings. The van der Waals surface area contributed by atoms with Gasteiger partial charge in [-0.05, 0) is 47.5 Å². The van der Waals surface area contributed by atoms with Gasteiger partial charge in [0.2, 0.25) is 0 Å². The van der Waals surface area contributed by atoms with E-state index in [1.54, 1.807) is 11.3 Å². The molecule has 0 radical (unpaired) electrons. The third-order valence-electron chi connectivity index (χ3n) is 9.78. The van der Waals surface area contributed by atoms with Crippen LogP contribution >= 0.6 is 34.0 Å². The molecule has 0 aliphatic carbocycles. The lowest BCUT2D eigenvalue weighted by atomic mass is 9.98. The van der Waals surface area contributed by atoms with E-state index in [1.807, 2.05) is 22.7 Å². The fraction of sp³-hybridized carbons (Fsp3) is 0. The molecular formula is C45H25N3S3. The van der Waals surface area contributed by atoms with E-state index in [9.17, 15) is 0 Å². The van der Waals surface area contributed by atoms with Gasteiger partial charge in [0.15, 0.2) is 17.5 Å². The van der Waals surface area contributed by atoms with Crippen LogP contribution in [0.5, 0.6) is 0 Å². The van der Waals surface area contributed by atoms with Crippen LogP contribution in [0.3, 0.4) is 0 Å². The monoisotopic (exact) mass is 703 g/mol. The number of fused-ring (bicyclic) bond motifs is 9. The van der Waals surface area contributed by atoms with Gasteiger partial charge in [-0.1, -0.05) is 115 Å². The maximum atomic E-state index is 5.27. The zero-order chi connectivity index (χ0) is 33.5. The Labute approximate surface area is 304 Å². The standard InChI is InChI=1S/C45H25N3S3/c1-4-17-35-29(10-1)30-14-7-16-34(42(30)51-35)45-47-43(46-44(48-45)33-15-9-21-39-41(33)32-12-3-6-19-37(32)50-39)27-24-22-26(23-25-27)28-13-8-20-38-40(28)31-11-2-5-18-36(31)49-38/h1-25H. The molecule has 4 aromatic heterocycles. The summed E-state index contributed by atoms with van der Waals surface area (Å²) in [5.74, 6) is 2.03. The Morgan fingerprint density at radius 1 is 0.294 bits per heavy atom. The van der Waals surface area contributed by atoms with Crippen molar-refractivity contribution in [2.24, 2.45) is 0 Å². The van der Waals surface area contributed by atoms with Crippen molar-refractivity contribution in [2.75, 3.05) is 0 Å². The van der Waals surface area contributed by atoms with Gasteiger partial charge in [0.05, 0.1) is 0 Å². The zero-order valence-electron chi connectivity index (χ0n) is 27.0. The van der Waals surface area contributed by atoms with E-state index in [4.69, 9.17) is 15.0 Å². The fourth-order valence-electron chi connectivity index (χ4n) is 7.44. The highest BCUT2D eigenvalue weighted by atomic mass is 32.1. The first-order chi connectivity index (χ1) is 25.3. The van der Waals surface area contributed by atoms with Crippen LogP contribution in [0.2, 0.25) is 0 Å². The van der Waals surface area contributed by atoms with Crippen molar-refractivity contribution in [1.29, 1.82) is 0 Å². The van der Waals surface area contributed by atoms with Crippen LogP contribution in [-0.2, 0) is 0 Å². The number of hydrogen-bond donors (Lipinski definition) is 0. The zero-order valence-corrected chi connectivity index (χ0v) is 29.4. The van der Waals surface area contributed by atoms with Gasteiger partial charge in [0.25, 0.3) is 0 Å². The molecule has 0 N–H and O–H groups in total. The summed E-state index contributed by atoms with van der Waals surface area (Å²) in [6, 6.07) is 54.2. The summed E-state index contributed by atoms with van der Waals surface area (Å²) in [6.45, 7) is 0. The molecule has 238 valence electrons. The minimum atomic E-state index is 0.662. The summed E-state index contributed by atoms with van der Waals surface area (Å²) in [4.78, 5) is 15.7. The molecule has 0 bridgehead atoms. The van der Waals surface area contributed by atoms with Crippen LogP contribution in [0, 0.1) is 0 Å². The Balaban J connectivity index is 1.12. The molecule has 0 aliphatic heterocycles. The first kappa shape index (κ1) is 29.0. The van der Waals surface area contributed by atoms with Gasteiger partial charge in [-0.3, -0.25) is 0 Å². The molecule has 0 spiro atoms. The third-order valence-corrected chi connectivity index (χ3v) is 13.3. The maximum Gasteiger partial charge on any atom is 0.165 e. The van der Waals surface area contributed by atoms with Crippen molar-refractivity contribution in [2.45, 2.75) is 0 Å². The quantitative estimate of drug-likeness (QED) is 0.183. The molecule has 0 fully saturated rings. The van der Waals surface area contributed by atoms with Crippen molar-refractivity contribution < 1.29 is 0 Å². The summed E-state index contributed by atoms with van der Waals surface area (Å²) in [6.07, 6.45) is 0. The van der Waals surface area contributed by atoms with Crippen molar-refractivity contribution in [3.63, 3.8) is 0 Å². The van der Waals surface area contributed by atoms with Gasteiger partial charge in [-0.25, -0.2) is 15.0 Å². The molecule has 11 aromatic rings. The SMILES string of the molecule is c1ccc2c(c1)sc1c(-c3nc(-c4ccc(-c5cccc6sc7ccccc7c56)cc4)nc(-c4cccc5sc6ccccc6c45)n3)cccc12. The molecule has 0 saturated heterocycles. The summed E-state index contributed by atoms with van der Waals surface area (Å²) in [5, 5.41) is 7.50. The highest BCUT2D eigenvalue weighted by Crippen LogP contribution is 2.43. The fourth-order valence-corrected chi connectivity index (χ4v) is 10.9. The molecule has 0 amide bonds. The van der Waals surface area contributed by atoms with Crippen LogP contribution < -0.4 is 0 Å². The lowest BCUT2D eigenvalue weighted by molar-refractivity contribution is 1.08. The molecule has 0 unspecified atom stereocenters. The molecular weight excluding hydrogens is 679 g/mol. The van der Waals surface area contributed by atoms with Gasteiger partial charge < -0.3 is 0 Å². The Bertz CT molecular complexity index is 3150. The summed E-state index contributed by atoms with van der Waals surface area (Å²) in [5.41, 5.74) is 5.41. The molecule has 7 aromatic carbocycles. The number of nitrogens with zero attached hydrogens (tertiary/aromatic N) is 3. The second-order valence-electron chi connectivity index (χ2n) is 12.7. The predicted molar refractivity (Wildman–Crippen MR) is 220 cm³/mol. The summed E-state index contributed by atoms with van der Waals surface area (Å²) in [7, 11) is 0. The maximum absolute atomic E-state index is 5.27. The van der Waals surface area contributed by atoms with Crippen LogP contribution in [0.1, 0.15) is 0 Å². The number of thiophene rings is 3. The highest BCUT2D eigenvalue weighted by molar-refractivity contribution is 7.27. The Hall–Kier alpha value is -5.79. The van der Waals surface area contributed by atoms with Crippen LogP contribution in [0.25, 0.3) is 106 Å². The second-order valence-corrected chi connectivity index (χ2v) is 15.9. The minimum Gasteiger partial charge on any atom is -0.208 e. The molecule has 0 atom stereocenters. The van der Waals surface area contributed by atoms with Gasteiger partial charge in [-0.2, -0.15) is 0 Å². The van der Waals surface area contributed by atoms with E-state index in [1.165, 1.54) is 71.6 Å². The van der Waals surface area contributed by atoms with Gasteiger partial charge in [-0.15, -0.1) is 34.0 Å². The van der Waals surface area contributed by atoms with E-state index in [2.05, 4.69) is 152 Å². The minimum absolute atomic E-state index is 0.662. The number of rotatable bonds is 4. The smallest absolute Gasteiger partial charge is 0.165 e. The average molecular weight is 704 g/mol. The Kier molecular flexibility index (Phi) is 6.46. The van der Waals surface area contributed by atoms with E-state index in [-0.39, 0.29) is 0 Å². The first-order valence-corrected chi connectivity index (χ1v) is 19.3. The van der Waals surface area contributed by atoms with E-state index in [0.717, 1.165) is 16.7 Å².